The summed E-state index contributed by atoms with van der Waals surface area (Å²) in [6.45, 7) is 6.33. The Hall–Kier alpha value is -3.16. The molecule has 0 atom stereocenters. The maximum absolute atomic E-state index is 13.5. The summed E-state index contributed by atoms with van der Waals surface area (Å²) in [5.74, 6) is 0.831. The number of anilines is 1. The number of carbonyl (C=O) groups is 2. The molecule has 180 valence electrons. The smallest absolute Gasteiger partial charge is 0.355 e. The van der Waals surface area contributed by atoms with Gasteiger partial charge in [0.05, 0.1) is 20.8 Å². The number of aryl methyl sites for hydroxylation is 1. The fourth-order valence-electron chi connectivity index (χ4n) is 4.44. The Bertz CT molecular complexity index is 956. The summed E-state index contributed by atoms with van der Waals surface area (Å²) in [7, 11) is 3.15. The molecular weight excluding hydrogens is 422 g/mol. The quantitative estimate of drug-likeness (QED) is 0.532. The summed E-state index contributed by atoms with van der Waals surface area (Å²) in [6.07, 6.45) is 5.31. The molecule has 0 saturated heterocycles. The number of methoxy groups -OCH3 is 2. The van der Waals surface area contributed by atoms with E-state index in [1.165, 1.54) is 6.42 Å². The molecule has 0 bridgehead atoms. The van der Waals surface area contributed by atoms with Gasteiger partial charge in [0.25, 0.3) is 0 Å². The molecule has 3 rings (SSSR count). The van der Waals surface area contributed by atoms with E-state index in [1.54, 1.807) is 39.3 Å². The summed E-state index contributed by atoms with van der Waals surface area (Å²) in [5, 5.41) is 3.02. The predicted molar refractivity (Wildman–Crippen MR) is 127 cm³/mol. The first-order valence-electron chi connectivity index (χ1n) is 11.5. The Morgan fingerprint density at radius 2 is 1.70 bits per heavy atom. The van der Waals surface area contributed by atoms with Crippen molar-refractivity contribution in [2.45, 2.75) is 65.5 Å². The highest BCUT2D eigenvalue weighted by molar-refractivity contribution is 5.91. The molecule has 8 heteroatoms. The van der Waals surface area contributed by atoms with E-state index in [4.69, 9.17) is 14.2 Å². The van der Waals surface area contributed by atoms with Crippen molar-refractivity contribution in [3.8, 4) is 11.5 Å². The van der Waals surface area contributed by atoms with E-state index >= 15 is 0 Å². The lowest BCUT2D eigenvalue weighted by Crippen LogP contribution is -2.43. The van der Waals surface area contributed by atoms with Gasteiger partial charge < -0.3 is 29.4 Å². The second-order valence-corrected chi connectivity index (χ2v) is 8.40. The van der Waals surface area contributed by atoms with Crippen LogP contribution in [-0.4, -0.2) is 48.8 Å². The molecule has 2 aromatic rings. The van der Waals surface area contributed by atoms with Crippen molar-refractivity contribution in [3.63, 3.8) is 0 Å². The monoisotopic (exact) mass is 457 g/mol. The number of urea groups is 1. The normalized spacial score (nSPS) is 14.0. The van der Waals surface area contributed by atoms with E-state index in [0.29, 0.717) is 36.0 Å². The third-order valence-electron chi connectivity index (χ3n) is 6.28. The third kappa shape index (κ3) is 5.80. The summed E-state index contributed by atoms with van der Waals surface area (Å²) >= 11 is 0. The van der Waals surface area contributed by atoms with Crippen molar-refractivity contribution in [1.29, 1.82) is 0 Å². The molecule has 0 aliphatic heterocycles. The lowest BCUT2D eigenvalue weighted by molar-refractivity contribution is 0.0519. The van der Waals surface area contributed by atoms with Gasteiger partial charge in [-0.2, -0.15) is 0 Å². The summed E-state index contributed by atoms with van der Waals surface area (Å²) in [4.78, 5) is 30.9. The van der Waals surface area contributed by atoms with Crippen LogP contribution in [0.3, 0.4) is 0 Å². The molecule has 0 radical (unpaired) electrons. The van der Waals surface area contributed by atoms with Crippen LogP contribution in [0, 0.1) is 13.8 Å². The largest absolute Gasteiger partial charge is 0.497 e. The van der Waals surface area contributed by atoms with Crippen molar-refractivity contribution in [2.75, 3.05) is 26.1 Å². The number of nitrogens with zero attached hydrogens (tertiary/aromatic N) is 1. The number of rotatable bonds is 8. The first kappa shape index (κ1) is 24.5. The van der Waals surface area contributed by atoms with Crippen LogP contribution in [0.15, 0.2) is 18.2 Å². The van der Waals surface area contributed by atoms with Gasteiger partial charge in [-0.3, -0.25) is 0 Å². The Kier molecular flexibility index (Phi) is 8.25. The van der Waals surface area contributed by atoms with Gasteiger partial charge in [-0.05, 0) is 44.7 Å². The number of H-pyrrole nitrogens is 1. The van der Waals surface area contributed by atoms with Gasteiger partial charge in [-0.25, -0.2) is 9.59 Å². The Balaban J connectivity index is 1.88. The summed E-state index contributed by atoms with van der Waals surface area (Å²) in [5.41, 5.74) is 3.69. The van der Waals surface area contributed by atoms with E-state index in [9.17, 15) is 9.59 Å². The highest BCUT2D eigenvalue weighted by Crippen LogP contribution is 2.30. The van der Waals surface area contributed by atoms with E-state index in [-0.39, 0.29) is 18.0 Å². The molecule has 2 N–H and O–H groups in total. The van der Waals surface area contributed by atoms with Crippen LogP contribution >= 0.6 is 0 Å². The molecule has 2 amide bonds. The van der Waals surface area contributed by atoms with Crippen molar-refractivity contribution in [2.24, 2.45) is 0 Å². The number of esters is 1. The van der Waals surface area contributed by atoms with Crippen molar-refractivity contribution < 1.29 is 23.8 Å². The van der Waals surface area contributed by atoms with Crippen LogP contribution in [0.5, 0.6) is 11.5 Å². The average Bonchev–Trinajstić information content (AvgIpc) is 3.10. The Labute approximate surface area is 195 Å². The van der Waals surface area contributed by atoms with Crippen molar-refractivity contribution in [3.05, 3.63) is 40.7 Å². The van der Waals surface area contributed by atoms with E-state index in [1.807, 2.05) is 18.7 Å². The molecule has 1 heterocycles. The van der Waals surface area contributed by atoms with Crippen LogP contribution in [0.2, 0.25) is 0 Å². The van der Waals surface area contributed by atoms with Crippen LogP contribution in [0.4, 0.5) is 10.5 Å². The number of nitrogens with one attached hydrogen (secondary N) is 2. The van der Waals surface area contributed by atoms with E-state index in [2.05, 4.69) is 10.3 Å². The molecule has 1 saturated carbocycles. The van der Waals surface area contributed by atoms with Crippen LogP contribution in [0.1, 0.15) is 66.3 Å². The average molecular weight is 458 g/mol. The van der Waals surface area contributed by atoms with E-state index < -0.39 is 0 Å². The zero-order chi connectivity index (χ0) is 24.0. The number of aromatic amines is 1. The van der Waals surface area contributed by atoms with Gasteiger partial charge in [0, 0.05) is 42.2 Å². The summed E-state index contributed by atoms with van der Waals surface area (Å²) < 4.78 is 15.9. The topological polar surface area (TPSA) is 92.9 Å². The number of hydrogen-bond acceptors (Lipinski definition) is 5. The first-order chi connectivity index (χ1) is 15.9. The molecule has 1 aromatic carbocycles. The van der Waals surface area contributed by atoms with Gasteiger partial charge in [-0.1, -0.05) is 19.3 Å². The standard InChI is InChI=1S/C25H35N3O5/c1-6-33-24(29)23-16(2)22(17(3)26-23)15-28(19-10-8-7-9-11-19)25(30)27-18-12-20(31-4)14-21(13-18)32-5/h12-14,19,26H,6-11,15H2,1-5H3,(H,27,30). The molecular formula is C25H35N3O5. The molecule has 8 nitrogen and oxygen atoms in total. The summed E-state index contributed by atoms with van der Waals surface area (Å²) in [6, 6.07) is 5.25. The van der Waals surface area contributed by atoms with Crippen molar-refractivity contribution >= 4 is 17.7 Å². The zero-order valence-electron chi connectivity index (χ0n) is 20.2. The molecule has 1 aliphatic carbocycles. The maximum atomic E-state index is 13.5. The van der Waals surface area contributed by atoms with E-state index in [0.717, 1.165) is 42.5 Å². The van der Waals surface area contributed by atoms with Crippen LogP contribution in [-0.2, 0) is 11.3 Å². The molecule has 1 aliphatic rings. The number of hydrogen-bond donors (Lipinski definition) is 2. The minimum atomic E-state index is -0.374. The molecule has 0 spiro atoms. The maximum Gasteiger partial charge on any atom is 0.355 e. The number of benzene rings is 1. The lowest BCUT2D eigenvalue weighted by Gasteiger charge is -2.34. The van der Waals surface area contributed by atoms with Crippen LogP contribution in [0.25, 0.3) is 0 Å². The minimum absolute atomic E-state index is 0.131. The second-order valence-electron chi connectivity index (χ2n) is 8.40. The number of amides is 2. The number of carbonyl (C=O) groups excluding carboxylic acids is 2. The van der Waals surface area contributed by atoms with Gasteiger partial charge in [0.15, 0.2) is 0 Å². The Morgan fingerprint density at radius 1 is 1.06 bits per heavy atom. The van der Waals surface area contributed by atoms with Gasteiger partial charge >= 0.3 is 12.0 Å². The third-order valence-corrected chi connectivity index (χ3v) is 6.28. The molecule has 33 heavy (non-hydrogen) atoms. The Morgan fingerprint density at radius 3 is 2.27 bits per heavy atom. The lowest BCUT2D eigenvalue weighted by atomic mass is 9.93. The first-order valence-corrected chi connectivity index (χ1v) is 11.5. The zero-order valence-corrected chi connectivity index (χ0v) is 20.2. The number of ether oxygens (including phenoxy) is 3. The van der Waals surface area contributed by atoms with Gasteiger partial charge in [-0.15, -0.1) is 0 Å². The highest BCUT2D eigenvalue weighted by atomic mass is 16.5. The fraction of sp³-hybridized carbons (Fsp3) is 0.520. The highest BCUT2D eigenvalue weighted by Gasteiger charge is 2.28. The second kappa shape index (κ2) is 11.1. The molecule has 1 fully saturated rings. The molecule has 0 unspecified atom stereocenters. The predicted octanol–water partition coefficient (Wildman–Crippen LogP) is 5.19. The minimum Gasteiger partial charge on any atom is -0.497 e. The van der Waals surface area contributed by atoms with Crippen molar-refractivity contribution in [1.82, 2.24) is 9.88 Å². The SMILES string of the molecule is CCOC(=O)c1[nH]c(C)c(CN(C(=O)Nc2cc(OC)cc(OC)c2)C2CCCCC2)c1C. The van der Waals surface area contributed by atoms with Gasteiger partial charge in [0.1, 0.15) is 17.2 Å². The number of aromatic nitrogens is 1. The fourth-order valence-corrected chi connectivity index (χ4v) is 4.44. The van der Waals surface area contributed by atoms with Crippen LogP contribution < -0.4 is 14.8 Å². The molecule has 1 aromatic heterocycles. The van der Waals surface area contributed by atoms with Gasteiger partial charge in [0.2, 0.25) is 0 Å².